The van der Waals surface area contributed by atoms with Gasteiger partial charge in [0.1, 0.15) is 6.33 Å². The quantitative estimate of drug-likeness (QED) is 0.379. The summed E-state index contributed by atoms with van der Waals surface area (Å²) in [5.41, 5.74) is 1.35. The van der Waals surface area contributed by atoms with Crippen molar-refractivity contribution in [3.8, 4) is 6.07 Å². The average molecular weight is 414 g/mol. The van der Waals surface area contributed by atoms with E-state index in [1.54, 1.807) is 24.3 Å². The molecule has 0 fully saturated rings. The van der Waals surface area contributed by atoms with E-state index in [0.29, 0.717) is 22.3 Å². The number of hydrogen-bond donors (Lipinski definition) is 4. The molecule has 11 heteroatoms. The number of benzene rings is 2. The van der Waals surface area contributed by atoms with Crippen LogP contribution in [0.1, 0.15) is 32.4 Å². The molecule has 0 aliphatic rings. The van der Waals surface area contributed by atoms with Crippen LogP contribution < -0.4 is 16.2 Å². The lowest BCUT2D eigenvalue weighted by molar-refractivity contribution is 0.0939. The largest absolute Gasteiger partial charge is 0.345 e. The molecule has 0 saturated carbocycles. The minimum absolute atomic E-state index is 0.0759. The van der Waals surface area contributed by atoms with Gasteiger partial charge in [0.2, 0.25) is 5.82 Å². The molecule has 0 radical (unpaired) electrons. The van der Waals surface area contributed by atoms with Crippen molar-refractivity contribution in [3.63, 3.8) is 0 Å². The van der Waals surface area contributed by atoms with Crippen LogP contribution in [-0.2, 0) is 6.54 Å². The molecule has 4 N–H and O–H groups in total. The van der Waals surface area contributed by atoms with E-state index >= 15 is 0 Å². The van der Waals surface area contributed by atoms with E-state index in [9.17, 15) is 14.4 Å². The van der Waals surface area contributed by atoms with E-state index in [0.717, 1.165) is 0 Å². The van der Waals surface area contributed by atoms with Gasteiger partial charge in [0, 0.05) is 12.2 Å². The second-order valence-corrected chi connectivity index (χ2v) is 6.43. The third kappa shape index (κ3) is 4.28. The molecule has 11 nitrogen and oxygen atoms in total. The molecule has 2 aromatic heterocycles. The Morgan fingerprint density at radius 1 is 1.10 bits per heavy atom. The number of nitrogens with one attached hydrogen (secondary N) is 4. The highest BCUT2D eigenvalue weighted by Crippen LogP contribution is 2.12. The molecule has 0 atom stereocenters. The van der Waals surface area contributed by atoms with Gasteiger partial charge < -0.3 is 15.6 Å². The van der Waals surface area contributed by atoms with Crippen LogP contribution in [-0.4, -0.2) is 37.0 Å². The second kappa shape index (κ2) is 8.26. The number of rotatable bonds is 5. The first-order valence-corrected chi connectivity index (χ1v) is 9.01. The minimum Gasteiger partial charge on any atom is -0.345 e. The van der Waals surface area contributed by atoms with Crippen molar-refractivity contribution < 1.29 is 9.59 Å². The first-order chi connectivity index (χ1) is 15.0. The number of nitrogens with zero attached hydrogens (tertiary/aromatic N) is 4. The molecule has 0 bridgehead atoms. The van der Waals surface area contributed by atoms with Gasteiger partial charge in [0.25, 0.3) is 17.4 Å². The highest BCUT2D eigenvalue weighted by molar-refractivity contribution is 6.01. The van der Waals surface area contributed by atoms with Crippen LogP contribution in [0.25, 0.3) is 10.9 Å². The summed E-state index contributed by atoms with van der Waals surface area (Å²) in [7, 11) is 0. The Bertz CT molecular complexity index is 1390. The van der Waals surface area contributed by atoms with Gasteiger partial charge in [0.15, 0.2) is 5.82 Å². The standard InChI is InChI=1S/C20H14N8O3/c21-8-11-4-5-15-14(7-11)18(29)27-17(26-15)19(30)22-9-12-2-1-3-13(6-12)25-20(31)16-23-10-24-28-16/h1-7,10H,9H2,(H,22,30)(H,25,31)(H,23,24,28)(H,26,27,29). The molecule has 4 aromatic rings. The second-order valence-electron chi connectivity index (χ2n) is 6.43. The lowest BCUT2D eigenvalue weighted by Crippen LogP contribution is -2.27. The van der Waals surface area contributed by atoms with E-state index in [-0.39, 0.29) is 23.6 Å². The van der Waals surface area contributed by atoms with Crippen molar-refractivity contribution in [2.45, 2.75) is 6.54 Å². The maximum absolute atomic E-state index is 12.5. The third-order valence-corrected chi connectivity index (χ3v) is 4.32. The summed E-state index contributed by atoms with van der Waals surface area (Å²) in [5, 5.41) is 20.6. The fraction of sp³-hybridized carbons (Fsp3) is 0.0500. The van der Waals surface area contributed by atoms with Crippen LogP contribution in [0.15, 0.2) is 53.6 Å². The Balaban J connectivity index is 1.46. The molecule has 2 aromatic carbocycles. The van der Waals surface area contributed by atoms with E-state index < -0.39 is 17.4 Å². The predicted molar refractivity (Wildman–Crippen MR) is 109 cm³/mol. The Kier molecular flexibility index (Phi) is 5.18. The van der Waals surface area contributed by atoms with Crippen molar-refractivity contribution in [3.05, 3.63) is 81.9 Å². The summed E-state index contributed by atoms with van der Waals surface area (Å²) in [6, 6.07) is 13.3. The normalized spacial score (nSPS) is 10.4. The highest BCUT2D eigenvalue weighted by atomic mass is 16.2. The van der Waals surface area contributed by atoms with Crippen LogP contribution in [0, 0.1) is 11.3 Å². The molecule has 0 aliphatic carbocycles. The van der Waals surface area contributed by atoms with E-state index in [2.05, 4.69) is 35.8 Å². The maximum atomic E-state index is 12.5. The highest BCUT2D eigenvalue weighted by Gasteiger charge is 2.13. The first-order valence-electron chi connectivity index (χ1n) is 9.01. The number of carbonyl (C=O) groups excluding carboxylic acids is 2. The van der Waals surface area contributed by atoms with Gasteiger partial charge in [-0.2, -0.15) is 10.4 Å². The van der Waals surface area contributed by atoms with E-state index in [1.807, 2.05) is 6.07 Å². The van der Waals surface area contributed by atoms with Gasteiger partial charge in [-0.25, -0.2) is 9.97 Å². The summed E-state index contributed by atoms with van der Waals surface area (Å²) in [6.07, 6.45) is 1.23. The van der Waals surface area contributed by atoms with Crippen LogP contribution in [0.2, 0.25) is 0 Å². The fourth-order valence-corrected chi connectivity index (χ4v) is 2.85. The molecule has 0 aliphatic heterocycles. The number of anilines is 1. The molecule has 4 rings (SSSR count). The molecular formula is C20H14N8O3. The Hall–Kier alpha value is -4.85. The van der Waals surface area contributed by atoms with Crippen molar-refractivity contribution in [2.75, 3.05) is 5.32 Å². The molecule has 0 spiro atoms. The number of H-pyrrole nitrogens is 2. The SMILES string of the molecule is N#Cc1ccc2nc(C(=O)NCc3cccc(NC(=O)c4ncn[nH]4)c3)[nH]c(=O)c2c1. The molecule has 2 heterocycles. The Morgan fingerprint density at radius 2 is 1.97 bits per heavy atom. The summed E-state index contributed by atoms with van der Waals surface area (Å²) < 4.78 is 0. The summed E-state index contributed by atoms with van der Waals surface area (Å²) in [4.78, 5) is 47.1. The van der Waals surface area contributed by atoms with Gasteiger partial charge in [0.05, 0.1) is 22.5 Å². The third-order valence-electron chi connectivity index (χ3n) is 4.32. The minimum atomic E-state index is -0.570. The van der Waals surface area contributed by atoms with E-state index in [4.69, 9.17) is 5.26 Å². The summed E-state index contributed by atoms with van der Waals surface area (Å²) >= 11 is 0. The Labute approximate surface area is 174 Å². The van der Waals surface area contributed by atoms with Crippen LogP contribution >= 0.6 is 0 Å². The summed E-state index contributed by atoms with van der Waals surface area (Å²) in [6.45, 7) is 0.139. The molecule has 152 valence electrons. The molecular weight excluding hydrogens is 400 g/mol. The number of hydrogen-bond acceptors (Lipinski definition) is 7. The van der Waals surface area contributed by atoms with Crippen LogP contribution in [0.3, 0.4) is 0 Å². The molecule has 31 heavy (non-hydrogen) atoms. The van der Waals surface area contributed by atoms with Crippen molar-refractivity contribution in [2.24, 2.45) is 0 Å². The van der Waals surface area contributed by atoms with Crippen LogP contribution in [0.4, 0.5) is 5.69 Å². The lowest BCUT2D eigenvalue weighted by Gasteiger charge is -2.08. The van der Waals surface area contributed by atoms with Gasteiger partial charge in [-0.3, -0.25) is 19.5 Å². The van der Waals surface area contributed by atoms with Gasteiger partial charge in [-0.1, -0.05) is 12.1 Å². The number of aromatic amines is 2. The average Bonchev–Trinajstić information content (AvgIpc) is 3.32. The zero-order valence-corrected chi connectivity index (χ0v) is 15.8. The van der Waals surface area contributed by atoms with Crippen molar-refractivity contribution in [1.29, 1.82) is 5.26 Å². The lowest BCUT2D eigenvalue weighted by atomic mass is 10.1. The van der Waals surface area contributed by atoms with Crippen LogP contribution in [0.5, 0.6) is 0 Å². The zero-order chi connectivity index (χ0) is 21.8. The van der Waals surface area contributed by atoms with Crippen molar-refractivity contribution in [1.82, 2.24) is 30.5 Å². The molecule has 2 amide bonds. The zero-order valence-electron chi connectivity index (χ0n) is 15.8. The monoisotopic (exact) mass is 414 g/mol. The first kappa shape index (κ1) is 19.5. The van der Waals surface area contributed by atoms with Crippen molar-refractivity contribution >= 4 is 28.4 Å². The Morgan fingerprint density at radius 3 is 2.74 bits per heavy atom. The number of amides is 2. The molecule has 0 saturated heterocycles. The predicted octanol–water partition coefficient (Wildman–Crippen LogP) is 1.10. The van der Waals surface area contributed by atoms with E-state index in [1.165, 1.54) is 24.5 Å². The maximum Gasteiger partial charge on any atom is 0.292 e. The topological polar surface area (TPSA) is 169 Å². The van der Waals surface area contributed by atoms with Gasteiger partial charge in [-0.15, -0.1) is 0 Å². The van der Waals surface area contributed by atoms with Gasteiger partial charge >= 0.3 is 0 Å². The number of aromatic nitrogens is 5. The number of carbonyl (C=O) groups is 2. The molecule has 0 unspecified atom stereocenters. The summed E-state index contributed by atoms with van der Waals surface area (Å²) in [5.74, 6) is -1.08. The van der Waals surface area contributed by atoms with Gasteiger partial charge in [-0.05, 0) is 35.9 Å². The fourth-order valence-electron chi connectivity index (χ4n) is 2.85. The smallest absolute Gasteiger partial charge is 0.292 e. The number of nitriles is 1. The number of fused-ring (bicyclic) bond motifs is 1.